The van der Waals surface area contributed by atoms with Gasteiger partial charge in [0.2, 0.25) is 11.8 Å². The average Bonchev–Trinajstić information content (AvgIpc) is 3.51. The zero-order valence-corrected chi connectivity index (χ0v) is 25.0. The van der Waals surface area contributed by atoms with Crippen molar-refractivity contribution in [3.63, 3.8) is 0 Å². The number of non-ortho nitro benzene ring substituents is 1. The van der Waals surface area contributed by atoms with E-state index in [4.69, 9.17) is 9.47 Å². The summed E-state index contributed by atoms with van der Waals surface area (Å²) >= 11 is 3.40. The standard InChI is InChI=1S/C32H24BrN3O8/c1-43-24-10-8-18(14-21(24)33)30(38)28-27-26(23-15-19(12-13-34(23)28)29(37)17-6-4-3-5-7-17)31(39)35(32(27)40)22-16-20(36(41)42)9-11-25(22)44-2/h3-16,23,26-28H,1-2H3/t23-,26+,27+,28-/m0/s1. The van der Waals surface area contributed by atoms with Gasteiger partial charge < -0.3 is 14.4 Å². The van der Waals surface area contributed by atoms with Crippen molar-refractivity contribution in [3.05, 3.63) is 116 Å². The van der Waals surface area contributed by atoms with Crippen molar-refractivity contribution < 1.29 is 33.6 Å². The summed E-state index contributed by atoms with van der Waals surface area (Å²) in [7, 11) is 2.81. The molecule has 3 aliphatic rings. The molecular formula is C32H24BrN3O8. The molecule has 2 amide bonds. The Morgan fingerprint density at radius 1 is 0.886 bits per heavy atom. The van der Waals surface area contributed by atoms with Crippen LogP contribution in [0.1, 0.15) is 20.7 Å². The van der Waals surface area contributed by atoms with Crippen molar-refractivity contribution in [1.82, 2.24) is 4.90 Å². The van der Waals surface area contributed by atoms with Gasteiger partial charge in [-0.2, -0.15) is 0 Å². The lowest BCUT2D eigenvalue weighted by molar-refractivity contribution is -0.384. The number of hydrogen-bond acceptors (Lipinski definition) is 9. The topological polar surface area (TPSA) is 136 Å². The zero-order valence-electron chi connectivity index (χ0n) is 23.4. The van der Waals surface area contributed by atoms with Crippen LogP contribution < -0.4 is 14.4 Å². The Kier molecular flexibility index (Phi) is 7.38. The molecule has 0 aliphatic carbocycles. The molecule has 44 heavy (non-hydrogen) atoms. The number of imide groups is 1. The molecule has 3 heterocycles. The number of rotatable bonds is 8. The molecule has 3 aromatic carbocycles. The molecule has 4 atom stereocenters. The normalized spacial score (nSPS) is 21.9. The Morgan fingerprint density at radius 3 is 2.23 bits per heavy atom. The molecule has 2 saturated heterocycles. The molecule has 3 aliphatic heterocycles. The number of carbonyl (C=O) groups excluding carboxylic acids is 4. The van der Waals surface area contributed by atoms with Crippen LogP contribution in [0, 0.1) is 22.0 Å². The summed E-state index contributed by atoms with van der Waals surface area (Å²) in [6.07, 6.45) is 4.77. The van der Waals surface area contributed by atoms with Gasteiger partial charge in [-0.1, -0.05) is 36.4 Å². The number of hydrogen-bond donors (Lipinski definition) is 0. The number of nitrogens with zero attached hydrogens (tertiary/aromatic N) is 3. The number of benzene rings is 3. The largest absolute Gasteiger partial charge is 0.496 e. The molecule has 222 valence electrons. The van der Waals surface area contributed by atoms with Crippen molar-refractivity contribution in [3.8, 4) is 11.5 Å². The summed E-state index contributed by atoms with van der Waals surface area (Å²) in [6, 6.07) is 15.1. The third-order valence-electron chi connectivity index (χ3n) is 8.17. The maximum Gasteiger partial charge on any atom is 0.271 e. The Balaban J connectivity index is 1.47. The van der Waals surface area contributed by atoms with Crippen LogP contribution in [0.5, 0.6) is 11.5 Å². The number of Topliss-reactive ketones (excluding diaryl/α,β-unsaturated/α-hetero) is 2. The molecule has 2 fully saturated rings. The van der Waals surface area contributed by atoms with Gasteiger partial charge in [0.1, 0.15) is 23.2 Å². The van der Waals surface area contributed by atoms with Crippen LogP contribution in [-0.4, -0.2) is 59.5 Å². The number of ether oxygens (including phenoxy) is 2. The van der Waals surface area contributed by atoms with Crippen molar-refractivity contribution in [1.29, 1.82) is 0 Å². The maximum atomic E-state index is 14.2. The van der Waals surface area contributed by atoms with E-state index in [-0.39, 0.29) is 28.5 Å². The Bertz CT molecular complexity index is 1800. The number of carbonyl (C=O) groups is 4. The molecule has 0 bridgehead atoms. The van der Waals surface area contributed by atoms with Gasteiger partial charge in [0.25, 0.3) is 5.69 Å². The van der Waals surface area contributed by atoms with Crippen LogP contribution in [0.2, 0.25) is 0 Å². The van der Waals surface area contributed by atoms with Gasteiger partial charge in [-0.25, -0.2) is 4.90 Å². The predicted molar refractivity (Wildman–Crippen MR) is 162 cm³/mol. The van der Waals surface area contributed by atoms with Gasteiger partial charge in [0.05, 0.1) is 41.5 Å². The second-order valence-corrected chi connectivity index (χ2v) is 11.3. The summed E-state index contributed by atoms with van der Waals surface area (Å²) in [5.41, 5.74) is 0.596. The Morgan fingerprint density at radius 2 is 1.57 bits per heavy atom. The van der Waals surface area contributed by atoms with Crippen LogP contribution >= 0.6 is 15.9 Å². The van der Waals surface area contributed by atoms with E-state index in [1.54, 1.807) is 71.8 Å². The summed E-state index contributed by atoms with van der Waals surface area (Å²) in [5, 5.41) is 11.6. The van der Waals surface area contributed by atoms with Crippen LogP contribution in [0.25, 0.3) is 0 Å². The van der Waals surface area contributed by atoms with Crippen molar-refractivity contribution >= 4 is 50.7 Å². The lowest BCUT2D eigenvalue weighted by Crippen LogP contribution is -2.46. The number of nitro groups is 1. The number of ketones is 2. The average molecular weight is 658 g/mol. The van der Waals surface area contributed by atoms with E-state index in [1.165, 1.54) is 26.4 Å². The molecule has 0 radical (unpaired) electrons. The molecule has 12 heteroatoms. The minimum absolute atomic E-state index is 0.0788. The van der Waals surface area contributed by atoms with E-state index in [0.717, 1.165) is 11.0 Å². The minimum atomic E-state index is -1.16. The number of methoxy groups -OCH3 is 2. The van der Waals surface area contributed by atoms with E-state index in [9.17, 15) is 29.3 Å². The van der Waals surface area contributed by atoms with E-state index >= 15 is 0 Å². The van der Waals surface area contributed by atoms with Gasteiger partial charge in [-0.05, 0) is 46.3 Å². The fourth-order valence-corrected chi connectivity index (χ4v) is 6.69. The van der Waals surface area contributed by atoms with E-state index in [0.29, 0.717) is 21.4 Å². The highest BCUT2D eigenvalue weighted by atomic mass is 79.9. The number of fused-ring (bicyclic) bond motifs is 3. The van der Waals surface area contributed by atoms with Gasteiger partial charge in [-0.15, -0.1) is 0 Å². The minimum Gasteiger partial charge on any atom is -0.496 e. The first-order valence-electron chi connectivity index (χ1n) is 13.5. The van der Waals surface area contributed by atoms with Crippen LogP contribution in [0.15, 0.2) is 95.1 Å². The molecular weight excluding hydrogens is 634 g/mol. The number of nitro benzene ring substituents is 1. The maximum absolute atomic E-state index is 14.2. The number of amides is 2. The third kappa shape index (κ3) is 4.58. The highest BCUT2D eigenvalue weighted by Gasteiger charge is 2.64. The van der Waals surface area contributed by atoms with Crippen LogP contribution in [0.3, 0.4) is 0 Å². The summed E-state index contributed by atoms with van der Waals surface area (Å²) in [4.78, 5) is 69.4. The lowest BCUT2D eigenvalue weighted by atomic mass is 9.85. The fourth-order valence-electron chi connectivity index (χ4n) is 6.15. The van der Waals surface area contributed by atoms with E-state index in [1.807, 2.05) is 0 Å². The fraction of sp³-hybridized carbons (Fsp3) is 0.188. The quantitative estimate of drug-likeness (QED) is 0.145. The van der Waals surface area contributed by atoms with Crippen LogP contribution in [-0.2, 0) is 9.59 Å². The SMILES string of the molecule is COc1ccc(C(=O)[C@@H]2[C@@H]3C(=O)N(c4cc([N+](=O)[O-])ccc4OC)C(=O)[C@@H]3[C@@H]3C=C(C(=O)c4ccccc4)C=CN23)cc1Br. The molecule has 11 nitrogen and oxygen atoms in total. The zero-order chi connectivity index (χ0) is 31.3. The van der Waals surface area contributed by atoms with E-state index in [2.05, 4.69) is 15.9 Å². The second-order valence-electron chi connectivity index (χ2n) is 10.4. The van der Waals surface area contributed by atoms with Gasteiger partial charge in [0.15, 0.2) is 11.6 Å². The summed E-state index contributed by atoms with van der Waals surface area (Å²) in [5.74, 6) is -3.69. The van der Waals surface area contributed by atoms with Gasteiger partial charge in [-0.3, -0.25) is 29.3 Å². The van der Waals surface area contributed by atoms with Crippen molar-refractivity contribution in [2.75, 3.05) is 19.1 Å². The molecule has 0 saturated carbocycles. The number of anilines is 1. The molecule has 0 spiro atoms. The monoisotopic (exact) mass is 657 g/mol. The first kappa shape index (κ1) is 29.0. The molecule has 3 aromatic rings. The van der Waals surface area contributed by atoms with Crippen LogP contribution in [0.4, 0.5) is 11.4 Å². The highest BCUT2D eigenvalue weighted by molar-refractivity contribution is 9.10. The molecule has 6 rings (SSSR count). The van der Waals surface area contributed by atoms with Gasteiger partial charge in [0, 0.05) is 35.0 Å². The highest BCUT2D eigenvalue weighted by Crippen LogP contribution is 2.49. The Labute approximate surface area is 259 Å². The smallest absolute Gasteiger partial charge is 0.271 e. The first-order valence-corrected chi connectivity index (χ1v) is 14.3. The second kappa shape index (κ2) is 11.2. The van der Waals surface area contributed by atoms with Crippen molar-refractivity contribution in [2.45, 2.75) is 12.1 Å². The number of halogens is 1. The summed E-state index contributed by atoms with van der Waals surface area (Å²) < 4.78 is 11.2. The predicted octanol–water partition coefficient (Wildman–Crippen LogP) is 4.75. The van der Waals surface area contributed by atoms with E-state index < -0.39 is 46.4 Å². The van der Waals surface area contributed by atoms with Crippen molar-refractivity contribution in [2.24, 2.45) is 11.8 Å². The number of allylic oxidation sites excluding steroid dienone is 2. The molecule has 0 unspecified atom stereocenters. The molecule has 0 N–H and O–H groups in total. The third-order valence-corrected chi connectivity index (χ3v) is 8.79. The summed E-state index contributed by atoms with van der Waals surface area (Å²) in [6.45, 7) is 0. The molecule has 0 aromatic heterocycles. The lowest BCUT2D eigenvalue weighted by Gasteiger charge is -2.33. The Hall–Kier alpha value is -5.10. The van der Waals surface area contributed by atoms with Gasteiger partial charge >= 0.3 is 0 Å². The first-order chi connectivity index (χ1) is 21.2.